The number of nitrogens with zero attached hydrogens (tertiary/aromatic N) is 4. The maximum absolute atomic E-state index is 12.5. The van der Waals surface area contributed by atoms with Crippen LogP contribution < -0.4 is 4.90 Å². The lowest BCUT2D eigenvalue weighted by atomic mass is 10.1. The van der Waals surface area contributed by atoms with Crippen LogP contribution in [0.4, 0.5) is 5.82 Å². The van der Waals surface area contributed by atoms with Crippen LogP contribution in [0.3, 0.4) is 0 Å². The summed E-state index contributed by atoms with van der Waals surface area (Å²) in [6.07, 6.45) is 1.75. The van der Waals surface area contributed by atoms with Gasteiger partial charge in [0.1, 0.15) is 5.82 Å². The third kappa shape index (κ3) is 3.93. The Balaban J connectivity index is 1.09. The monoisotopic (exact) mass is 454 g/mol. The summed E-state index contributed by atoms with van der Waals surface area (Å²) in [7, 11) is 0. The molecule has 3 heterocycles. The van der Waals surface area contributed by atoms with Crippen LogP contribution in [0.2, 0.25) is 5.02 Å². The van der Waals surface area contributed by atoms with Crippen molar-refractivity contribution in [1.82, 2.24) is 14.2 Å². The van der Waals surface area contributed by atoms with Gasteiger partial charge in [-0.15, -0.1) is 0 Å². The minimum Gasteiger partial charge on any atom is -0.353 e. The normalized spacial score (nSPS) is 17.1. The third-order valence-corrected chi connectivity index (χ3v) is 7.12. The molecule has 0 N–H and O–H groups in total. The number of hydrogen-bond donors (Lipinski definition) is 0. The SMILES string of the molecule is O=C1c2ccc(Cl)cc2C(=O)N1CCCCN1CCN(c2nsc3ccccc23)CC1. The van der Waals surface area contributed by atoms with Gasteiger partial charge in [0.2, 0.25) is 0 Å². The van der Waals surface area contributed by atoms with E-state index in [0.29, 0.717) is 22.7 Å². The van der Waals surface area contributed by atoms with Crippen molar-refractivity contribution < 1.29 is 9.59 Å². The highest BCUT2D eigenvalue weighted by Gasteiger charge is 2.35. The second-order valence-corrected chi connectivity index (χ2v) is 9.23. The molecule has 5 rings (SSSR count). The van der Waals surface area contributed by atoms with Crippen molar-refractivity contribution in [3.8, 4) is 0 Å². The summed E-state index contributed by atoms with van der Waals surface area (Å²) in [5, 5.41) is 1.72. The number of anilines is 1. The number of amides is 2. The number of carbonyl (C=O) groups excluding carboxylic acids is 2. The van der Waals surface area contributed by atoms with E-state index in [9.17, 15) is 9.59 Å². The predicted octanol–water partition coefficient (Wildman–Crippen LogP) is 4.15. The van der Waals surface area contributed by atoms with E-state index in [1.54, 1.807) is 29.7 Å². The van der Waals surface area contributed by atoms with Gasteiger partial charge in [-0.25, -0.2) is 0 Å². The Hall–Kier alpha value is -2.48. The van der Waals surface area contributed by atoms with Gasteiger partial charge in [0.05, 0.1) is 15.8 Å². The molecular weight excluding hydrogens is 432 g/mol. The Kier molecular flexibility index (Phi) is 5.65. The standard InChI is InChI=1S/C23H23ClN4O2S/c24-16-7-8-17-19(15-16)23(30)28(22(17)29)10-4-3-9-26-11-13-27(14-12-26)21-18-5-1-2-6-20(18)31-25-21/h1-2,5-8,15H,3-4,9-14H2. The lowest BCUT2D eigenvalue weighted by Crippen LogP contribution is -2.46. The molecular formula is C23H23ClN4O2S. The van der Waals surface area contributed by atoms with Crippen molar-refractivity contribution in [2.24, 2.45) is 0 Å². The highest BCUT2D eigenvalue weighted by molar-refractivity contribution is 7.13. The van der Waals surface area contributed by atoms with E-state index >= 15 is 0 Å². The number of aromatic nitrogens is 1. The first-order valence-electron chi connectivity index (χ1n) is 10.6. The number of unbranched alkanes of at least 4 members (excludes halogenated alkanes) is 1. The molecule has 2 aromatic carbocycles. The molecule has 160 valence electrons. The molecule has 3 aromatic rings. The fraction of sp³-hybridized carbons (Fsp3) is 0.348. The molecule has 0 unspecified atom stereocenters. The van der Waals surface area contributed by atoms with E-state index in [0.717, 1.165) is 51.4 Å². The van der Waals surface area contributed by atoms with Crippen LogP contribution in [0.5, 0.6) is 0 Å². The Morgan fingerprint density at radius 1 is 0.903 bits per heavy atom. The molecule has 0 atom stereocenters. The molecule has 31 heavy (non-hydrogen) atoms. The highest BCUT2D eigenvalue weighted by atomic mass is 35.5. The molecule has 1 saturated heterocycles. The number of fused-ring (bicyclic) bond motifs is 2. The molecule has 0 radical (unpaired) electrons. The Morgan fingerprint density at radius 2 is 1.65 bits per heavy atom. The molecule has 2 aliphatic heterocycles. The zero-order chi connectivity index (χ0) is 21.4. The van der Waals surface area contributed by atoms with Crippen molar-refractivity contribution in [2.75, 3.05) is 44.2 Å². The smallest absolute Gasteiger partial charge is 0.261 e. The minimum atomic E-state index is -0.230. The zero-order valence-electron chi connectivity index (χ0n) is 17.1. The van der Waals surface area contributed by atoms with Crippen LogP contribution in [0.1, 0.15) is 33.6 Å². The summed E-state index contributed by atoms with van der Waals surface area (Å²) in [5.74, 6) is 0.665. The van der Waals surface area contributed by atoms with Gasteiger partial charge in [0, 0.05) is 43.1 Å². The van der Waals surface area contributed by atoms with E-state index < -0.39 is 0 Å². The van der Waals surface area contributed by atoms with Crippen LogP contribution in [0.25, 0.3) is 10.1 Å². The van der Waals surface area contributed by atoms with E-state index in [1.807, 2.05) is 0 Å². The molecule has 0 bridgehead atoms. The van der Waals surface area contributed by atoms with Gasteiger partial charge >= 0.3 is 0 Å². The Bertz CT molecular complexity index is 1140. The molecule has 0 aliphatic carbocycles. The van der Waals surface area contributed by atoms with Gasteiger partial charge < -0.3 is 4.90 Å². The van der Waals surface area contributed by atoms with E-state index in [2.05, 4.69) is 38.4 Å². The summed E-state index contributed by atoms with van der Waals surface area (Å²) in [6, 6.07) is 13.3. The summed E-state index contributed by atoms with van der Waals surface area (Å²) < 4.78 is 5.90. The number of hydrogen-bond acceptors (Lipinski definition) is 6. The number of benzene rings is 2. The second-order valence-electron chi connectivity index (χ2n) is 7.99. The summed E-state index contributed by atoms with van der Waals surface area (Å²) in [4.78, 5) is 31.2. The third-order valence-electron chi connectivity index (χ3n) is 6.07. The van der Waals surface area contributed by atoms with Gasteiger partial charge in [0.15, 0.2) is 0 Å². The van der Waals surface area contributed by atoms with Crippen LogP contribution in [0.15, 0.2) is 42.5 Å². The number of carbonyl (C=O) groups is 2. The van der Waals surface area contributed by atoms with E-state index in [4.69, 9.17) is 11.6 Å². The van der Waals surface area contributed by atoms with Crippen LogP contribution >= 0.6 is 23.1 Å². The van der Waals surface area contributed by atoms with Crippen molar-refractivity contribution in [3.05, 3.63) is 58.6 Å². The first kappa shape index (κ1) is 20.4. The summed E-state index contributed by atoms with van der Waals surface area (Å²) in [6.45, 7) is 5.35. The lowest BCUT2D eigenvalue weighted by Gasteiger charge is -2.35. The molecule has 2 amide bonds. The molecule has 1 fully saturated rings. The molecule has 1 aromatic heterocycles. The van der Waals surface area contributed by atoms with Gasteiger partial charge in [0.25, 0.3) is 11.8 Å². The van der Waals surface area contributed by atoms with Crippen LogP contribution in [0, 0.1) is 0 Å². The van der Waals surface area contributed by atoms with Crippen molar-refractivity contribution in [1.29, 1.82) is 0 Å². The van der Waals surface area contributed by atoms with Crippen molar-refractivity contribution >= 4 is 50.9 Å². The molecule has 2 aliphatic rings. The van der Waals surface area contributed by atoms with E-state index in [1.165, 1.54) is 15.0 Å². The van der Waals surface area contributed by atoms with Crippen molar-refractivity contribution in [3.63, 3.8) is 0 Å². The van der Waals surface area contributed by atoms with Gasteiger partial charge in [-0.05, 0) is 61.3 Å². The van der Waals surface area contributed by atoms with Crippen molar-refractivity contribution in [2.45, 2.75) is 12.8 Å². The second kappa shape index (κ2) is 8.57. The quantitative estimate of drug-likeness (QED) is 0.413. The van der Waals surface area contributed by atoms with Gasteiger partial charge in [-0.2, -0.15) is 4.37 Å². The summed E-state index contributed by atoms with van der Waals surface area (Å²) in [5.41, 5.74) is 0.878. The lowest BCUT2D eigenvalue weighted by molar-refractivity contribution is 0.0650. The Morgan fingerprint density at radius 3 is 2.48 bits per heavy atom. The fourth-order valence-electron chi connectivity index (χ4n) is 4.36. The number of piperazine rings is 1. The fourth-order valence-corrected chi connectivity index (χ4v) is 5.32. The number of imide groups is 1. The molecule has 0 saturated carbocycles. The number of rotatable bonds is 6. The topological polar surface area (TPSA) is 56.8 Å². The first-order valence-corrected chi connectivity index (χ1v) is 11.7. The summed E-state index contributed by atoms with van der Waals surface area (Å²) >= 11 is 7.54. The highest BCUT2D eigenvalue weighted by Crippen LogP contribution is 2.30. The molecule has 8 heteroatoms. The first-order chi connectivity index (χ1) is 15.1. The van der Waals surface area contributed by atoms with Gasteiger partial charge in [-0.1, -0.05) is 23.7 Å². The largest absolute Gasteiger partial charge is 0.353 e. The van der Waals surface area contributed by atoms with Gasteiger partial charge in [-0.3, -0.25) is 19.4 Å². The average Bonchev–Trinajstić information content (AvgIpc) is 3.32. The van der Waals surface area contributed by atoms with Crippen LogP contribution in [-0.2, 0) is 0 Å². The maximum Gasteiger partial charge on any atom is 0.261 e. The molecule has 0 spiro atoms. The van der Waals surface area contributed by atoms with Crippen LogP contribution in [-0.4, -0.2) is 65.3 Å². The zero-order valence-corrected chi connectivity index (χ0v) is 18.7. The molecule has 6 nitrogen and oxygen atoms in total. The minimum absolute atomic E-state index is 0.208. The van der Waals surface area contributed by atoms with E-state index in [-0.39, 0.29) is 11.8 Å². The Labute approximate surface area is 190 Å². The average molecular weight is 455 g/mol. The number of halogens is 1. The maximum atomic E-state index is 12.5. The predicted molar refractivity (Wildman–Crippen MR) is 124 cm³/mol.